The van der Waals surface area contributed by atoms with Gasteiger partial charge in [0.25, 0.3) is 0 Å². The number of benzene rings is 1. The van der Waals surface area contributed by atoms with Crippen molar-refractivity contribution in [2.24, 2.45) is 4.99 Å². The van der Waals surface area contributed by atoms with E-state index in [1.807, 2.05) is 19.1 Å². The summed E-state index contributed by atoms with van der Waals surface area (Å²) in [6, 6.07) is 8.14. The van der Waals surface area contributed by atoms with Gasteiger partial charge >= 0.3 is 15.5 Å². The largest absolute Gasteiger partial charge is 0.511 e. The number of rotatable bonds is 5. The molecule has 1 aliphatic heterocycles. The van der Waals surface area contributed by atoms with Gasteiger partial charge in [0, 0.05) is 38.1 Å². The number of hydrogen-bond acceptors (Lipinski definition) is 3. The lowest BCUT2D eigenvalue weighted by Gasteiger charge is -2.33. The predicted molar refractivity (Wildman–Crippen MR) is 102 cm³/mol. The molecule has 1 saturated heterocycles. The number of aliphatic imine (C=N–C) groups is 1. The molecule has 0 saturated carbocycles. The summed E-state index contributed by atoms with van der Waals surface area (Å²) in [5, 5.41) is 6.38. The lowest BCUT2D eigenvalue weighted by Crippen LogP contribution is -2.51. The Labute approximate surface area is 163 Å². The molecule has 1 fully saturated rings. The van der Waals surface area contributed by atoms with Crippen LogP contribution in [0.3, 0.4) is 0 Å². The van der Waals surface area contributed by atoms with E-state index < -0.39 is 15.5 Å². The fourth-order valence-corrected chi connectivity index (χ4v) is 4.61. The first kappa shape index (κ1) is 20.9. The number of nitrogens with zero attached hydrogens (tertiary/aromatic N) is 2. The minimum Gasteiger partial charge on any atom is -0.357 e. The van der Waals surface area contributed by atoms with Crippen LogP contribution in [-0.4, -0.2) is 56.4 Å². The predicted octanol–water partition coefficient (Wildman–Crippen LogP) is 2.20. The lowest BCUT2D eigenvalue weighted by atomic mass is 9.78. The van der Waals surface area contributed by atoms with Crippen LogP contribution in [0.2, 0.25) is 0 Å². The second-order valence-corrected chi connectivity index (χ2v) is 9.02. The Morgan fingerprint density at radius 3 is 2.54 bits per heavy atom. The number of fused-ring (bicyclic) bond motifs is 1. The average molecular weight is 418 g/mol. The molecule has 2 aliphatic rings. The van der Waals surface area contributed by atoms with Gasteiger partial charge < -0.3 is 10.6 Å². The maximum Gasteiger partial charge on any atom is 0.511 e. The molecule has 3 rings (SSSR count). The normalized spacial score (nSPS) is 21.7. The van der Waals surface area contributed by atoms with Gasteiger partial charge in [-0.05, 0) is 37.3 Å². The zero-order chi connectivity index (χ0) is 20.4. The van der Waals surface area contributed by atoms with E-state index in [-0.39, 0.29) is 19.1 Å². The third kappa shape index (κ3) is 4.43. The van der Waals surface area contributed by atoms with Crippen molar-refractivity contribution < 1.29 is 21.6 Å². The van der Waals surface area contributed by atoms with Crippen molar-refractivity contribution >= 4 is 16.0 Å². The molecule has 1 unspecified atom stereocenters. The highest BCUT2D eigenvalue weighted by molar-refractivity contribution is 7.90. The fourth-order valence-electron chi connectivity index (χ4n) is 3.63. The lowest BCUT2D eigenvalue weighted by molar-refractivity contribution is -0.0494. The highest BCUT2D eigenvalue weighted by Crippen LogP contribution is 2.34. The van der Waals surface area contributed by atoms with Gasteiger partial charge in [0.05, 0.1) is 0 Å². The minimum atomic E-state index is -5.25. The maximum absolute atomic E-state index is 12.7. The molecule has 0 amide bonds. The van der Waals surface area contributed by atoms with Crippen LogP contribution < -0.4 is 10.6 Å². The van der Waals surface area contributed by atoms with Crippen LogP contribution in [0.4, 0.5) is 13.2 Å². The number of guanidine groups is 1. The molecule has 0 radical (unpaired) electrons. The van der Waals surface area contributed by atoms with Crippen molar-refractivity contribution in [1.29, 1.82) is 0 Å². The van der Waals surface area contributed by atoms with Crippen LogP contribution in [0, 0.1) is 0 Å². The van der Waals surface area contributed by atoms with E-state index in [4.69, 9.17) is 0 Å². The highest BCUT2D eigenvalue weighted by atomic mass is 32.2. The number of sulfonamides is 1. The Kier molecular flexibility index (Phi) is 6.18. The second kappa shape index (κ2) is 8.28. The van der Waals surface area contributed by atoms with Crippen molar-refractivity contribution in [3.05, 3.63) is 35.4 Å². The Bertz CT molecular complexity index is 818. The molecular weight excluding hydrogens is 393 g/mol. The zero-order valence-corrected chi connectivity index (χ0v) is 16.5. The topological polar surface area (TPSA) is 73.8 Å². The van der Waals surface area contributed by atoms with Gasteiger partial charge in [-0.3, -0.25) is 4.99 Å². The van der Waals surface area contributed by atoms with Gasteiger partial charge in [0.2, 0.25) is 0 Å². The van der Waals surface area contributed by atoms with Gasteiger partial charge in [-0.25, -0.2) is 8.42 Å². The number of piperidine rings is 1. The van der Waals surface area contributed by atoms with Crippen LogP contribution >= 0.6 is 0 Å². The number of hydrogen-bond donors (Lipinski definition) is 2. The standard InChI is InChI=1S/C18H25F3N4O2S/c1-2-22-17(23-12-14-11-13-5-3-4-6-16(13)14)24-15-7-9-25(10-8-15)28(26,27)18(19,20)21/h3-6,14-15H,2,7-12H2,1H3,(H2,22,23,24). The monoisotopic (exact) mass is 418 g/mol. The molecule has 1 aromatic carbocycles. The maximum atomic E-state index is 12.7. The van der Waals surface area contributed by atoms with Crippen molar-refractivity contribution in [2.45, 2.75) is 43.7 Å². The molecule has 28 heavy (non-hydrogen) atoms. The van der Waals surface area contributed by atoms with E-state index in [1.54, 1.807) is 0 Å². The fraction of sp³-hybridized carbons (Fsp3) is 0.611. The third-order valence-corrected chi connectivity index (χ3v) is 6.83. The van der Waals surface area contributed by atoms with E-state index in [0.29, 0.717) is 42.1 Å². The van der Waals surface area contributed by atoms with Gasteiger partial charge in [0.1, 0.15) is 0 Å². The molecular formula is C18H25F3N4O2S. The Morgan fingerprint density at radius 2 is 1.93 bits per heavy atom. The summed E-state index contributed by atoms with van der Waals surface area (Å²) in [7, 11) is -5.25. The molecule has 1 atom stereocenters. The summed E-state index contributed by atoms with van der Waals surface area (Å²) >= 11 is 0. The molecule has 0 aromatic heterocycles. The van der Waals surface area contributed by atoms with E-state index in [0.717, 1.165) is 6.42 Å². The Hall–Kier alpha value is -1.81. The van der Waals surface area contributed by atoms with E-state index in [2.05, 4.69) is 27.8 Å². The van der Waals surface area contributed by atoms with Crippen LogP contribution in [0.5, 0.6) is 0 Å². The highest BCUT2D eigenvalue weighted by Gasteiger charge is 2.50. The molecule has 0 spiro atoms. The van der Waals surface area contributed by atoms with Crippen molar-refractivity contribution in [1.82, 2.24) is 14.9 Å². The number of nitrogens with one attached hydrogen (secondary N) is 2. The number of alkyl halides is 3. The zero-order valence-electron chi connectivity index (χ0n) is 15.7. The molecule has 1 aliphatic carbocycles. The molecule has 6 nitrogen and oxygen atoms in total. The summed E-state index contributed by atoms with van der Waals surface area (Å²) in [5.74, 6) is 0.995. The van der Waals surface area contributed by atoms with Crippen LogP contribution in [0.25, 0.3) is 0 Å². The first-order valence-electron chi connectivity index (χ1n) is 9.41. The summed E-state index contributed by atoms with van der Waals surface area (Å²) in [6.07, 6.45) is 1.59. The first-order chi connectivity index (χ1) is 13.2. The molecule has 2 N–H and O–H groups in total. The quantitative estimate of drug-likeness (QED) is 0.568. The number of halogens is 3. The SMILES string of the molecule is CCNC(=NCC1Cc2ccccc21)NC1CCN(S(=O)(=O)C(F)(F)F)CC1. The molecule has 0 bridgehead atoms. The summed E-state index contributed by atoms with van der Waals surface area (Å²) in [6.45, 7) is 2.92. The summed E-state index contributed by atoms with van der Waals surface area (Å²) in [4.78, 5) is 4.62. The van der Waals surface area contributed by atoms with Crippen molar-refractivity contribution in [2.75, 3.05) is 26.2 Å². The van der Waals surface area contributed by atoms with Crippen LogP contribution in [-0.2, 0) is 16.4 Å². The first-order valence-corrected chi connectivity index (χ1v) is 10.9. The second-order valence-electron chi connectivity index (χ2n) is 7.09. The Morgan fingerprint density at radius 1 is 1.25 bits per heavy atom. The van der Waals surface area contributed by atoms with Gasteiger partial charge in [-0.2, -0.15) is 17.5 Å². The molecule has 1 heterocycles. The van der Waals surface area contributed by atoms with Crippen molar-refractivity contribution in [3.8, 4) is 0 Å². The summed E-state index contributed by atoms with van der Waals surface area (Å²) in [5.41, 5.74) is -2.59. The molecule has 156 valence electrons. The van der Waals surface area contributed by atoms with Crippen LogP contribution in [0.15, 0.2) is 29.3 Å². The van der Waals surface area contributed by atoms with Gasteiger partial charge in [-0.1, -0.05) is 24.3 Å². The van der Waals surface area contributed by atoms with Gasteiger partial charge in [0.15, 0.2) is 5.96 Å². The Balaban J connectivity index is 1.54. The average Bonchev–Trinajstić information content (AvgIpc) is 2.62. The minimum absolute atomic E-state index is 0.119. The molecule has 10 heteroatoms. The summed E-state index contributed by atoms with van der Waals surface area (Å²) < 4.78 is 61.5. The van der Waals surface area contributed by atoms with E-state index in [9.17, 15) is 21.6 Å². The smallest absolute Gasteiger partial charge is 0.357 e. The van der Waals surface area contributed by atoms with E-state index in [1.165, 1.54) is 11.1 Å². The van der Waals surface area contributed by atoms with Gasteiger partial charge in [-0.15, -0.1) is 0 Å². The van der Waals surface area contributed by atoms with Crippen molar-refractivity contribution in [3.63, 3.8) is 0 Å². The van der Waals surface area contributed by atoms with E-state index >= 15 is 0 Å². The molecule has 1 aromatic rings. The third-order valence-electron chi connectivity index (χ3n) is 5.20. The van der Waals surface area contributed by atoms with Crippen LogP contribution in [0.1, 0.15) is 36.8 Å².